The van der Waals surface area contributed by atoms with Gasteiger partial charge in [0.15, 0.2) is 0 Å². The second-order valence-electron chi connectivity index (χ2n) is 4.65. The molecule has 3 rings (SSSR count). The van der Waals surface area contributed by atoms with Crippen LogP contribution < -0.4 is 0 Å². The largest absolute Gasteiger partial charge is 0.459 e. The summed E-state index contributed by atoms with van der Waals surface area (Å²) in [6.45, 7) is 1.63. The third-order valence-electron chi connectivity index (χ3n) is 2.97. The summed E-state index contributed by atoms with van der Waals surface area (Å²) in [5, 5.41) is 0. The molecule has 2 heterocycles. The number of epoxide rings is 2. The summed E-state index contributed by atoms with van der Waals surface area (Å²) in [6.07, 6.45) is -0.0184. The Balaban J connectivity index is 0.00000161. The second-order valence-corrected chi connectivity index (χ2v) is 4.65. The number of hydrogen-bond donors (Lipinski definition) is 0. The number of carbonyl (C=O) groups is 2. The smallest absolute Gasteiger partial charge is 0.339 e. The molecule has 0 radical (unpaired) electrons. The topological polar surface area (TPSA) is 109 Å². The van der Waals surface area contributed by atoms with Crippen molar-refractivity contribution in [2.75, 3.05) is 26.4 Å². The van der Waals surface area contributed by atoms with Gasteiger partial charge in [-0.15, -0.1) is 0 Å². The van der Waals surface area contributed by atoms with E-state index in [2.05, 4.69) is 0 Å². The predicted molar refractivity (Wildman–Crippen MR) is 70.1 cm³/mol. The zero-order valence-electron chi connectivity index (χ0n) is 11.2. The van der Waals surface area contributed by atoms with E-state index in [4.69, 9.17) is 18.9 Å². The van der Waals surface area contributed by atoms with E-state index in [1.54, 1.807) is 24.3 Å². The first kappa shape index (κ1) is 15.4. The number of esters is 2. The van der Waals surface area contributed by atoms with Crippen molar-refractivity contribution < 1.29 is 34.0 Å². The fourth-order valence-electron chi connectivity index (χ4n) is 1.66. The summed E-state index contributed by atoms with van der Waals surface area (Å²) < 4.78 is 20.1. The maximum atomic E-state index is 11.9. The maximum Gasteiger partial charge on any atom is 0.339 e. The normalized spacial score (nSPS) is 21.9. The van der Waals surface area contributed by atoms with Gasteiger partial charge in [0, 0.05) is 0 Å². The fraction of sp³-hybridized carbons (Fsp3) is 0.429. The molecule has 114 valence electrons. The molecule has 1 aromatic carbocycles. The summed E-state index contributed by atoms with van der Waals surface area (Å²) in [5.41, 5.74) is 0.407. The lowest BCUT2D eigenvalue weighted by atomic mass is 10.1. The first-order chi connectivity index (χ1) is 9.74. The standard InChI is InChI=1S/C14H14O6.H2O/c15-13(19-7-9-5-17-9)11-3-1-2-4-12(11)14(16)20-8-10-6-18-10;/h1-4,9-10H,5-8H2;1H2. The van der Waals surface area contributed by atoms with Gasteiger partial charge >= 0.3 is 11.9 Å². The summed E-state index contributed by atoms with van der Waals surface area (Å²) in [6, 6.07) is 6.43. The Morgan fingerprint density at radius 3 is 1.67 bits per heavy atom. The van der Waals surface area contributed by atoms with Crippen molar-refractivity contribution in [2.24, 2.45) is 0 Å². The Labute approximate surface area is 121 Å². The van der Waals surface area contributed by atoms with E-state index in [9.17, 15) is 9.59 Å². The fourth-order valence-corrected chi connectivity index (χ4v) is 1.66. The quantitative estimate of drug-likeness (QED) is 0.538. The van der Waals surface area contributed by atoms with E-state index in [-0.39, 0.29) is 42.0 Å². The Hall–Kier alpha value is -1.96. The molecule has 0 spiro atoms. The van der Waals surface area contributed by atoms with Crippen LogP contribution in [-0.2, 0) is 18.9 Å². The Bertz CT molecular complexity index is 473. The molecule has 0 aliphatic carbocycles. The maximum absolute atomic E-state index is 11.9. The lowest BCUT2D eigenvalue weighted by Crippen LogP contribution is -2.17. The summed E-state index contributed by atoms with van der Waals surface area (Å²) in [5.74, 6) is -1.09. The van der Waals surface area contributed by atoms with Crippen molar-refractivity contribution in [3.63, 3.8) is 0 Å². The number of benzene rings is 1. The van der Waals surface area contributed by atoms with Crippen LogP contribution in [0.25, 0.3) is 0 Å². The molecule has 7 nitrogen and oxygen atoms in total. The van der Waals surface area contributed by atoms with Crippen LogP contribution >= 0.6 is 0 Å². The molecule has 2 N–H and O–H groups in total. The highest BCUT2D eigenvalue weighted by Gasteiger charge is 2.27. The molecule has 0 aromatic heterocycles. The van der Waals surface area contributed by atoms with Gasteiger partial charge in [-0.3, -0.25) is 0 Å². The molecular weight excluding hydrogens is 280 g/mol. The Morgan fingerprint density at radius 1 is 0.952 bits per heavy atom. The van der Waals surface area contributed by atoms with Crippen molar-refractivity contribution in [3.05, 3.63) is 35.4 Å². The van der Waals surface area contributed by atoms with Crippen LogP contribution in [0.2, 0.25) is 0 Å². The number of ether oxygens (including phenoxy) is 4. The van der Waals surface area contributed by atoms with Crippen LogP contribution in [0.1, 0.15) is 20.7 Å². The molecule has 7 heteroatoms. The van der Waals surface area contributed by atoms with Crippen molar-refractivity contribution in [3.8, 4) is 0 Å². The average molecular weight is 296 g/mol. The zero-order valence-corrected chi connectivity index (χ0v) is 11.2. The number of rotatable bonds is 6. The van der Waals surface area contributed by atoms with Crippen LogP contribution in [0.4, 0.5) is 0 Å². The monoisotopic (exact) mass is 296 g/mol. The highest BCUT2D eigenvalue weighted by Crippen LogP contribution is 2.16. The first-order valence-corrected chi connectivity index (χ1v) is 6.40. The molecule has 2 fully saturated rings. The van der Waals surface area contributed by atoms with Crippen molar-refractivity contribution in [1.82, 2.24) is 0 Å². The third-order valence-corrected chi connectivity index (χ3v) is 2.97. The molecule has 0 bridgehead atoms. The average Bonchev–Trinajstić information content (AvgIpc) is 3.36. The first-order valence-electron chi connectivity index (χ1n) is 6.40. The highest BCUT2D eigenvalue weighted by molar-refractivity contribution is 6.03. The number of hydrogen-bond acceptors (Lipinski definition) is 6. The molecule has 2 aliphatic heterocycles. The molecule has 2 atom stereocenters. The van der Waals surface area contributed by atoms with E-state index >= 15 is 0 Å². The molecule has 2 aliphatic rings. The Morgan fingerprint density at radius 2 is 1.33 bits per heavy atom. The van der Waals surface area contributed by atoms with E-state index < -0.39 is 11.9 Å². The van der Waals surface area contributed by atoms with Crippen LogP contribution in [0.5, 0.6) is 0 Å². The predicted octanol–water partition coefficient (Wildman–Crippen LogP) is -0.0269. The van der Waals surface area contributed by atoms with E-state index in [0.717, 1.165) is 0 Å². The molecule has 1 aromatic rings. The van der Waals surface area contributed by atoms with Crippen LogP contribution in [0, 0.1) is 0 Å². The minimum Gasteiger partial charge on any atom is -0.459 e. The Kier molecular flexibility index (Phi) is 4.89. The van der Waals surface area contributed by atoms with E-state index in [1.165, 1.54) is 0 Å². The van der Waals surface area contributed by atoms with Gasteiger partial charge in [0.05, 0.1) is 24.3 Å². The van der Waals surface area contributed by atoms with Crippen molar-refractivity contribution >= 4 is 11.9 Å². The molecule has 21 heavy (non-hydrogen) atoms. The van der Waals surface area contributed by atoms with Crippen molar-refractivity contribution in [1.29, 1.82) is 0 Å². The van der Waals surface area contributed by atoms with Gasteiger partial charge in [0.25, 0.3) is 0 Å². The van der Waals surface area contributed by atoms with E-state index in [0.29, 0.717) is 13.2 Å². The van der Waals surface area contributed by atoms with E-state index in [1.807, 2.05) is 0 Å². The molecule has 2 unspecified atom stereocenters. The second kappa shape index (κ2) is 6.66. The van der Waals surface area contributed by atoms with Gasteiger partial charge < -0.3 is 24.4 Å². The van der Waals surface area contributed by atoms with Gasteiger partial charge in [0.2, 0.25) is 0 Å². The van der Waals surface area contributed by atoms with Gasteiger partial charge in [-0.25, -0.2) is 9.59 Å². The van der Waals surface area contributed by atoms with Gasteiger partial charge in [-0.1, -0.05) is 12.1 Å². The van der Waals surface area contributed by atoms with Gasteiger partial charge in [-0.05, 0) is 12.1 Å². The minimum atomic E-state index is -0.546. The molecular formula is C14H16O7. The van der Waals surface area contributed by atoms with Crippen LogP contribution in [-0.4, -0.2) is 56.1 Å². The van der Waals surface area contributed by atoms with Crippen LogP contribution in [0.15, 0.2) is 24.3 Å². The SMILES string of the molecule is O.O=C(OCC1CO1)c1ccccc1C(=O)OCC1CO1. The lowest BCUT2D eigenvalue weighted by molar-refractivity contribution is 0.0430. The van der Waals surface area contributed by atoms with Gasteiger partial charge in [-0.2, -0.15) is 0 Å². The molecule has 0 saturated carbocycles. The van der Waals surface area contributed by atoms with Gasteiger partial charge in [0.1, 0.15) is 25.4 Å². The zero-order chi connectivity index (χ0) is 13.9. The minimum absolute atomic E-state index is 0. The lowest BCUT2D eigenvalue weighted by Gasteiger charge is -2.08. The van der Waals surface area contributed by atoms with Crippen LogP contribution in [0.3, 0.4) is 0 Å². The molecule has 2 saturated heterocycles. The molecule has 0 amide bonds. The summed E-state index contributed by atoms with van der Waals surface area (Å²) in [4.78, 5) is 23.9. The summed E-state index contributed by atoms with van der Waals surface area (Å²) in [7, 11) is 0. The van der Waals surface area contributed by atoms with Crippen molar-refractivity contribution in [2.45, 2.75) is 12.2 Å². The highest BCUT2D eigenvalue weighted by atomic mass is 16.6. The summed E-state index contributed by atoms with van der Waals surface area (Å²) >= 11 is 0. The third kappa shape index (κ3) is 4.25. The number of carbonyl (C=O) groups excluding carboxylic acids is 2.